The Kier molecular flexibility index (Phi) is 4.42. The van der Waals surface area contributed by atoms with Crippen LogP contribution in [0, 0.1) is 0 Å². The van der Waals surface area contributed by atoms with Gasteiger partial charge in [-0.3, -0.25) is 0 Å². The van der Waals surface area contributed by atoms with E-state index in [1.165, 1.54) is 6.26 Å². The molecular weight excluding hydrogens is 264 g/mol. The summed E-state index contributed by atoms with van der Waals surface area (Å²) in [6.45, 7) is 0.634. The highest BCUT2D eigenvalue weighted by molar-refractivity contribution is 7.91. The molecule has 106 valence electrons. The first-order valence-electron chi connectivity index (χ1n) is 6.42. The second-order valence-electron chi connectivity index (χ2n) is 4.99. The molecule has 19 heavy (non-hydrogen) atoms. The smallest absolute Gasteiger partial charge is 0.213 e. The van der Waals surface area contributed by atoms with Crippen LogP contribution >= 0.6 is 0 Å². The predicted molar refractivity (Wildman–Crippen MR) is 73.9 cm³/mol. The minimum atomic E-state index is -2.97. The van der Waals surface area contributed by atoms with Crippen molar-refractivity contribution in [2.24, 2.45) is 0 Å². The molecule has 0 aliphatic heterocycles. The molecule has 0 spiro atoms. The molecule has 5 nitrogen and oxygen atoms in total. The maximum Gasteiger partial charge on any atom is 0.213 e. The van der Waals surface area contributed by atoms with Crippen molar-refractivity contribution >= 4 is 9.84 Å². The Bertz CT molecular complexity index is 530. The van der Waals surface area contributed by atoms with Crippen LogP contribution in [-0.2, 0) is 16.4 Å². The van der Waals surface area contributed by atoms with Crippen LogP contribution in [0.3, 0.4) is 0 Å². The normalized spacial score (nSPS) is 23.5. The molecule has 0 aromatic carbocycles. The van der Waals surface area contributed by atoms with Gasteiger partial charge in [-0.2, -0.15) is 0 Å². The van der Waals surface area contributed by atoms with Crippen molar-refractivity contribution in [2.75, 3.05) is 13.4 Å². The number of hydrogen-bond donors (Lipinski definition) is 1. The zero-order chi connectivity index (χ0) is 13.9. The largest absolute Gasteiger partial charge is 0.481 e. The number of nitrogens with zero attached hydrogens (tertiary/aromatic N) is 1. The summed E-state index contributed by atoms with van der Waals surface area (Å²) in [6, 6.07) is 3.81. The first-order chi connectivity index (χ1) is 9.00. The Balaban J connectivity index is 1.98. The van der Waals surface area contributed by atoms with Gasteiger partial charge in [-0.05, 0) is 24.5 Å². The van der Waals surface area contributed by atoms with E-state index in [-0.39, 0.29) is 11.3 Å². The molecule has 1 aliphatic rings. The number of ether oxygens (including phenoxy) is 1. The highest BCUT2D eigenvalue weighted by Crippen LogP contribution is 2.25. The highest BCUT2D eigenvalue weighted by atomic mass is 32.2. The summed E-state index contributed by atoms with van der Waals surface area (Å²) in [5.74, 6) is 0.574. The zero-order valence-electron chi connectivity index (χ0n) is 11.3. The Morgan fingerprint density at radius 2 is 2.26 bits per heavy atom. The van der Waals surface area contributed by atoms with Crippen LogP contribution in [0.5, 0.6) is 5.88 Å². The molecular formula is C13H20N2O3S. The maximum absolute atomic E-state index is 11.7. The molecule has 1 N–H and O–H groups in total. The quantitative estimate of drug-likeness (QED) is 0.878. The van der Waals surface area contributed by atoms with Crippen LogP contribution < -0.4 is 10.1 Å². The third-order valence-corrected chi connectivity index (χ3v) is 5.24. The molecule has 6 heteroatoms. The molecule has 1 aromatic heterocycles. The van der Waals surface area contributed by atoms with Gasteiger partial charge in [-0.1, -0.05) is 6.42 Å². The van der Waals surface area contributed by atoms with Gasteiger partial charge in [0.1, 0.15) is 0 Å². The van der Waals surface area contributed by atoms with Crippen LogP contribution in [0.25, 0.3) is 0 Å². The lowest BCUT2D eigenvalue weighted by molar-refractivity contribution is 0.396. The molecule has 1 saturated carbocycles. The van der Waals surface area contributed by atoms with Crippen molar-refractivity contribution in [1.29, 1.82) is 0 Å². The van der Waals surface area contributed by atoms with E-state index in [1.807, 2.05) is 12.1 Å². The fraction of sp³-hybridized carbons (Fsp3) is 0.615. The van der Waals surface area contributed by atoms with Gasteiger partial charge in [-0.15, -0.1) is 0 Å². The molecule has 0 radical (unpaired) electrons. The molecule has 0 saturated heterocycles. The van der Waals surface area contributed by atoms with E-state index in [9.17, 15) is 8.42 Å². The van der Waals surface area contributed by atoms with E-state index in [0.717, 1.165) is 24.8 Å². The van der Waals surface area contributed by atoms with E-state index in [1.54, 1.807) is 13.3 Å². The lowest BCUT2D eigenvalue weighted by atomic mass is 10.2. The average Bonchev–Trinajstić information content (AvgIpc) is 2.85. The van der Waals surface area contributed by atoms with Crippen molar-refractivity contribution < 1.29 is 13.2 Å². The lowest BCUT2D eigenvalue weighted by Crippen LogP contribution is -2.39. The van der Waals surface area contributed by atoms with Crippen LogP contribution in [0.2, 0.25) is 0 Å². The molecule has 2 atom stereocenters. The number of nitrogens with one attached hydrogen (secondary N) is 1. The third kappa shape index (κ3) is 3.67. The minimum absolute atomic E-state index is 0.0501. The molecule has 1 aromatic rings. The Hall–Kier alpha value is -1.14. The number of sulfone groups is 1. The van der Waals surface area contributed by atoms with Gasteiger partial charge in [0.15, 0.2) is 9.84 Å². The van der Waals surface area contributed by atoms with Crippen LogP contribution in [-0.4, -0.2) is 38.1 Å². The molecule has 1 aliphatic carbocycles. The van der Waals surface area contributed by atoms with Crippen molar-refractivity contribution in [3.05, 3.63) is 23.9 Å². The highest BCUT2D eigenvalue weighted by Gasteiger charge is 2.34. The number of rotatable bonds is 5. The summed E-state index contributed by atoms with van der Waals surface area (Å²) in [5.41, 5.74) is 1.05. The summed E-state index contributed by atoms with van der Waals surface area (Å²) in [6.07, 6.45) is 5.66. The molecule has 2 unspecified atom stereocenters. The van der Waals surface area contributed by atoms with Gasteiger partial charge in [0.05, 0.1) is 12.4 Å². The summed E-state index contributed by atoms with van der Waals surface area (Å²) < 4.78 is 28.4. The molecule has 0 bridgehead atoms. The summed E-state index contributed by atoms with van der Waals surface area (Å²) in [7, 11) is -1.39. The standard InChI is InChI=1S/C13H20N2O3S/c1-18-13-8-10(6-7-14-13)9-15-11-4-3-5-12(11)19(2,16)17/h6-8,11-12,15H,3-5,9H2,1-2H3. The van der Waals surface area contributed by atoms with Crippen LogP contribution in [0.4, 0.5) is 0 Å². The fourth-order valence-electron chi connectivity index (χ4n) is 2.59. The number of pyridine rings is 1. The Morgan fingerprint density at radius 3 is 2.95 bits per heavy atom. The second kappa shape index (κ2) is 5.88. The number of aromatic nitrogens is 1. The lowest BCUT2D eigenvalue weighted by Gasteiger charge is -2.19. The van der Waals surface area contributed by atoms with Crippen molar-refractivity contribution in [3.63, 3.8) is 0 Å². The molecule has 2 rings (SSSR count). The monoisotopic (exact) mass is 284 g/mol. The van der Waals surface area contributed by atoms with E-state index in [4.69, 9.17) is 4.74 Å². The first kappa shape index (κ1) is 14.3. The van der Waals surface area contributed by atoms with E-state index < -0.39 is 9.84 Å². The summed E-state index contributed by atoms with van der Waals surface area (Å²) in [5, 5.41) is 3.09. The van der Waals surface area contributed by atoms with E-state index in [2.05, 4.69) is 10.3 Å². The summed E-state index contributed by atoms with van der Waals surface area (Å²) >= 11 is 0. The summed E-state index contributed by atoms with van der Waals surface area (Å²) in [4.78, 5) is 4.05. The van der Waals surface area contributed by atoms with Crippen LogP contribution in [0.15, 0.2) is 18.3 Å². The van der Waals surface area contributed by atoms with Crippen molar-refractivity contribution in [2.45, 2.75) is 37.1 Å². The molecule has 1 heterocycles. The molecule has 1 fully saturated rings. The van der Waals surface area contributed by atoms with Gasteiger partial charge in [0.25, 0.3) is 0 Å². The van der Waals surface area contributed by atoms with E-state index >= 15 is 0 Å². The Morgan fingerprint density at radius 1 is 1.47 bits per heavy atom. The third-order valence-electron chi connectivity index (χ3n) is 3.58. The van der Waals surface area contributed by atoms with Crippen LogP contribution in [0.1, 0.15) is 24.8 Å². The fourth-order valence-corrected chi connectivity index (χ4v) is 4.02. The number of hydrogen-bond acceptors (Lipinski definition) is 5. The van der Waals surface area contributed by atoms with Gasteiger partial charge in [0, 0.05) is 31.1 Å². The van der Waals surface area contributed by atoms with Gasteiger partial charge >= 0.3 is 0 Å². The number of methoxy groups -OCH3 is 1. The van der Waals surface area contributed by atoms with Gasteiger partial charge in [-0.25, -0.2) is 13.4 Å². The van der Waals surface area contributed by atoms with Crippen molar-refractivity contribution in [3.8, 4) is 5.88 Å². The van der Waals surface area contributed by atoms with Gasteiger partial charge in [0.2, 0.25) is 5.88 Å². The average molecular weight is 284 g/mol. The first-order valence-corrected chi connectivity index (χ1v) is 8.37. The zero-order valence-corrected chi connectivity index (χ0v) is 12.1. The van der Waals surface area contributed by atoms with Crippen molar-refractivity contribution in [1.82, 2.24) is 10.3 Å². The topological polar surface area (TPSA) is 68.3 Å². The Labute approximate surface area is 114 Å². The second-order valence-corrected chi connectivity index (χ2v) is 7.26. The minimum Gasteiger partial charge on any atom is -0.481 e. The predicted octanol–water partition coefficient (Wildman–Crippen LogP) is 1.15. The SMILES string of the molecule is COc1cc(CNC2CCCC2S(C)(=O)=O)ccn1. The maximum atomic E-state index is 11.7. The van der Waals surface area contributed by atoms with Gasteiger partial charge < -0.3 is 10.1 Å². The van der Waals surface area contributed by atoms with E-state index in [0.29, 0.717) is 12.4 Å². The molecule has 0 amide bonds.